The van der Waals surface area contributed by atoms with Gasteiger partial charge >= 0.3 is 0 Å². The highest BCUT2D eigenvalue weighted by atomic mass is 32.1. The molecule has 4 aromatic rings. The number of amides is 1. The Balaban J connectivity index is 1.69. The van der Waals surface area contributed by atoms with Crippen LogP contribution < -0.4 is 10.9 Å². The summed E-state index contributed by atoms with van der Waals surface area (Å²) in [7, 11) is 1.51. The quantitative estimate of drug-likeness (QED) is 0.495. The molecule has 2 heterocycles. The molecule has 0 spiro atoms. The first-order valence-corrected chi connectivity index (χ1v) is 9.96. The van der Waals surface area contributed by atoms with E-state index >= 15 is 0 Å². The Morgan fingerprint density at radius 2 is 2.03 bits per heavy atom. The molecule has 2 aromatic heterocycles. The second kappa shape index (κ2) is 8.17. The number of thiophene rings is 1. The fourth-order valence-electron chi connectivity index (χ4n) is 3.28. The third-order valence-electron chi connectivity index (χ3n) is 4.52. The second-order valence-electron chi connectivity index (χ2n) is 6.73. The Morgan fingerprint density at radius 1 is 1.23 bits per heavy atom. The monoisotopic (exact) mass is 423 g/mol. The lowest BCUT2D eigenvalue weighted by Crippen LogP contribution is -2.13. The summed E-state index contributed by atoms with van der Waals surface area (Å²) in [6.45, 7) is 1.86. The summed E-state index contributed by atoms with van der Waals surface area (Å²) in [5.74, 6) is -0.322. The highest BCUT2D eigenvalue weighted by Crippen LogP contribution is 2.34. The molecule has 0 radical (unpaired) electrons. The van der Waals surface area contributed by atoms with Crippen molar-refractivity contribution in [3.05, 3.63) is 80.8 Å². The fourth-order valence-corrected chi connectivity index (χ4v) is 4.40. The smallest absolute Gasteiger partial charge is 0.266 e. The number of methoxy groups -OCH3 is 1. The van der Waals surface area contributed by atoms with Crippen molar-refractivity contribution in [2.24, 2.45) is 0 Å². The number of halogens is 1. The number of hydrogen-bond donors (Lipinski definition) is 2. The van der Waals surface area contributed by atoms with Crippen LogP contribution in [0.4, 0.5) is 10.1 Å². The molecule has 2 aromatic carbocycles. The summed E-state index contributed by atoms with van der Waals surface area (Å²) in [4.78, 5) is 32.2. The van der Waals surface area contributed by atoms with E-state index < -0.39 is 0 Å². The predicted molar refractivity (Wildman–Crippen MR) is 115 cm³/mol. The third-order valence-corrected chi connectivity index (χ3v) is 5.72. The van der Waals surface area contributed by atoms with E-state index in [0.29, 0.717) is 43.3 Å². The molecule has 152 valence electrons. The number of ether oxygens (including phenoxy) is 1. The van der Waals surface area contributed by atoms with Gasteiger partial charge < -0.3 is 15.0 Å². The summed E-state index contributed by atoms with van der Waals surface area (Å²) in [6.07, 6.45) is 0. The van der Waals surface area contributed by atoms with E-state index in [1.165, 1.54) is 30.6 Å². The molecule has 0 unspecified atom stereocenters. The molecule has 0 aliphatic carbocycles. The number of benzene rings is 2. The van der Waals surface area contributed by atoms with E-state index in [9.17, 15) is 14.0 Å². The van der Waals surface area contributed by atoms with Crippen LogP contribution in [-0.2, 0) is 11.3 Å². The summed E-state index contributed by atoms with van der Waals surface area (Å²) < 4.78 is 20.3. The van der Waals surface area contributed by atoms with Crippen LogP contribution in [-0.4, -0.2) is 23.0 Å². The number of aromatic amines is 1. The molecule has 4 rings (SSSR count). The van der Waals surface area contributed by atoms with Gasteiger partial charge in [0.15, 0.2) is 0 Å². The number of aromatic nitrogens is 2. The normalized spacial score (nSPS) is 11.0. The number of hydrogen-bond acceptors (Lipinski definition) is 5. The van der Waals surface area contributed by atoms with E-state index in [2.05, 4.69) is 15.3 Å². The predicted octanol–water partition coefficient (Wildman–Crippen LogP) is 4.50. The number of nitrogens with zero attached hydrogens (tertiary/aromatic N) is 1. The lowest BCUT2D eigenvalue weighted by molar-refractivity contribution is 0.102. The lowest BCUT2D eigenvalue weighted by Gasteiger charge is -2.08. The molecule has 0 bridgehead atoms. The number of rotatable bonds is 5. The number of carbonyl (C=O) groups excluding carboxylic acids is 1. The lowest BCUT2D eigenvalue weighted by atomic mass is 10.1. The molecule has 0 atom stereocenters. The summed E-state index contributed by atoms with van der Waals surface area (Å²) in [5.41, 5.74) is 2.06. The standard InChI is InChI=1S/C22H18FN3O3S/c1-12-9-18(27)26-21(24-12)13-5-3-6-14(10-13)25-22(28)20-15(11-29-2)19-16(23)7-4-8-17(19)30-20/h3-10H,11H2,1-2H3,(H,25,28)(H,24,26,27). The highest BCUT2D eigenvalue weighted by Gasteiger charge is 2.21. The topological polar surface area (TPSA) is 84.1 Å². The van der Waals surface area contributed by atoms with Gasteiger partial charge in [0.05, 0.1) is 11.5 Å². The molecule has 2 N–H and O–H groups in total. The minimum Gasteiger partial charge on any atom is -0.380 e. The first-order valence-electron chi connectivity index (χ1n) is 9.15. The molecule has 1 amide bonds. The Kier molecular flexibility index (Phi) is 5.43. The molecule has 0 saturated carbocycles. The third kappa shape index (κ3) is 3.87. The van der Waals surface area contributed by atoms with Crippen LogP contribution in [0.15, 0.2) is 53.3 Å². The van der Waals surface area contributed by atoms with Gasteiger partial charge in [-0.3, -0.25) is 9.59 Å². The van der Waals surface area contributed by atoms with Gasteiger partial charge in [0, 0.05) is 45.8 Å². The summed E-state index contributed by atoms with van der Waals surface area (Å²) >= 11 is 1.22. The average Bonchev–Trinajstić information content (AvgIpc) is 3.08. The zero-order valence-corrected chi connectivity index (χ0v) is 17.1. The average molecular weight is 423 g/mol. The van der Waals surface area contributed by atoms with Crippen LogP contribution in [0.2, 0.25) is 0 Å². The van der Waals surface area contributed by atoms with Crippen LogP contribution in [0, 0.1) is 12.7 Å². The minimum absolute atomic E-state index is 0.123. The molecule has 8 heteroatoms. The van der Waals surface area contributed by atoms with Crippen molar-refractivity contribution in [2.75, 3.05) is 12.4 Å². The molecule has 6 nitrogen and oxygen atoms in total. The van der Waals surface area contributed by atoms with Gasteiger partial charge in [0.2, 0.25) is 0 Å². The molecular formula is C22H18FN3O3S. The summed E-state index contributed by atoms with van der Waals surface area (Å²) in [5, 5.41) is 3.26. The van der Waals surface area contributed by atoms with Crippen LogP contribution in [0.25, 0.3) is 21.5 Å². The summed E-state index contributed by atoms with van der Waals surface area (Å²) in [6, 6.07) is 13.2. The fraction of sp³-hybridized carbons (Fsp3) is 0.136. The minimum atomic E-state index is -0.383. The van der Waals surface area contributed by atoms with E-state index in [1.807, 2.05) is 0 Å². The Bertz CT molecular complexity index is 1310. The first-order chi connectivity index (χ1) is 14.5. The Hall–Kier alpha value is -3.36. The number of fused-ring (bicyclic) bond motifs is 1. The molecule has 30 heavy (non-hydrogen) atoms. The van der Waals surface area contributed by atoms with Crippen molar-refractivity contribution in [1.82, 2.24) is 9.97 Å². The van der Waals surface area contributed by atoms with E-state index in [0.717, 1.165) is 0 Å². The Morgan fingerprint density at radius 3 is 2.80 bits per heavy atom. The highest BCUT2D eigenvalue weighted by molar-refractivity contribution is 7.21. The number of H-pyrrole nitrogens is 1. The van der Waals surface area contributed by atoms with Crippen molar-refractivity contribution >= 4 is 33.0 Å². The van der Waals surface area contributed by atoms with Crippen molar-refractivity contribution in [3.8, 4) is 11.4 Å². The SMILES string of the molecule is COCc1c(C(=O)Nc2cccc(-c3nc(C)cc(=O)[nH]3)c2)sc2cccc(F)c12. The van der Waals surface area contributed by atoms with E-state index in [1.54, 1.807) is 43.3 Å². The number of anilines is 1. The van der Waals surface area contributed by atoms with Gasteiger partial charge in [-0.1, -0.05) is 18.2 Å². The van der Waals surface area contributed by atoms with Crippen LogP contribution in [0.5, 0.6) is 0 Å². The zero-order valence-electron chi connectivity index (χ0n) is 16.3. The molecule has 0 aliphatic rings. The van der Waals surface area contributed by atoms with Crippen LogP contribution >= 0.6 is 11.3 Å². The van der Waals surface area contributed by atoms with E-state index in [4.69, 9.17) is 4.74 Å². The van der Waals surface area contributed by atoms with Gasteiger partial charge in [-0.05, 0) is 31.2 Å². The Labute approximate surface area is 175 Å². The van der Waals surface area contributed by atoms with Crippen LogP contribution in [0.3, 0.4) is 0 Å². The van der Waals surface area contributed by atoms with Crippen molar-refractivity contribution in [3.63, 3.8) is 0 Å². The molecule has 0 saturated heterocycles. The number of carbonyl (C=O) groups is 1. The van der Waals surface area contributed by atoms with Gasteiger partial charge in [0.1, 0.15) is 11.6 Å². The number of nitrogens with one attached hydrogen (secondary N) is 2. The van der Waals surface area contributed by atoms with Crippen molar-refractivity contribution < 1.29 is 13.9 Å². The maximum atomic E-state index is 14.4. The van der Waals surface area contributed by atoms with E-state index in [-0.39, 0.29) is 23.9 Å². The first kappa shape index (κ1) is 19.9. The zero-order chi connectivity index (χ0) is 21.3. The van der Waals surface area contributed by atoms with Crippen molar-refractivity contribution in [2.45, 2.75) is 13.5 Å². The molecular weight excluding hydrogens is 405 g/mol. The largest absolute Gasteiger partial charge is 0.380 e. The maximum absolute atomic E-state index is 14.4. The van der Waals surface area contributed by atoms with Gasteiger partial charge in [-0.25, -0.2) is 9.37 Å². The van der Waals surface area contributed by atoms with Crippen molar-refractivity contribution in [1.29, 1.82) is 0 Å². The number of aryl methyl sites for hydroxylation is 1. The molecule has 0 fully saturated rings. The maximum Gasteiger partial charge on any atom is 0.266 e. The van der Waals surface area contributed by atoms with Gasteiger partial charge in [-0.2, -0.15) is 0 Å². The van der Waals surface area contributed by atoms with Gasteiger partial charge in [0.25, 0.3) is 11.5 Å². The second-order valence-corrected chi connectivity index (χ2v) is 7.78. The van der Waals surface area contributed by atoms with Gasteiger partial charge in [-0.15, -0.1) is 11.3 Å². The molecule has 0 aliphatic heterocycles. The van der Waals surface area contributed by atoms with Crippen LogP contribution in [0.1, 0.15) is 20.9 Å².